The first kappa shape index (κ1) is 16.5. The van der Waals surface area contributed by atoms with Gasteiger partial charge in [-0.05, 0) is 12.8 Å². The molecule has 0 spiro atoms. The summed E-state index contributed by atoms with van der Waals surface area (Å²) < 4.78 is 38.4. The summed E-state index contributed by atoms with van der Waals surface area (Å²) in [4.78, 5) is 8.85. The van der Waals surface area contributed by atoms with Crippen molar-refractivity contribution in [1.29, 1.82) is 0 Å². The lowest BCUT2D eigenvalue weighted by Gasteiger charge is -2.23. The smallest absolute Gasteiger partial charge is 0.370 e. The Hall–Kier alpha value is -1.53. The van der Waals surface area contributed by atoms with Gasteiger partial charge in [0.2, 0.25) is 5.82 Å². The first-order valence-electron chi connectivity index (χ1n) is 6.69. The molecule has 114 valence electrons. The van der Waals surface area contributed by atoms with E-state index in [2.05, 4.69) is 15.3 Å². The number of hydrogen-bond acceptors (Lipinski definition) is 4. The summed E-state index contributed by atoms with van der Waals surface area (Å²) >= 11 is 0. The molecule has 1 rings (SSSR count). The molecular weight excluding hydrogens is 269 g/mol. The van der Waals surface area contributed by atoms with Crippen molar-refractivity contribution >= 4 is 11.6 Å². The molecule has 0 saturated carbocycles. The Bertz CT molecular complexity index is 434. The summed E-state index contributed by atoms with van der Waals surface area (Å²) in [5.74, 6) is -0.252. The number of nitrogens with one attached hydrogen (secondary N) is 1. The van der Waals surface area contributed by atoms with Gasteiger partial charge in [-0.15, -0.1) is 0 Å². The van der Waals surface area contributed by atoms with E-state index in [0.29, 0.717) is 19.0 Å². The lowest BCUT2D eigenvalue weighted by Crippen LogP contribution is -2.26. The summed E-state index contributed by atoms with van der Waals surface area (Å²) in [5.41, 5.74) is 0. The lowest BCUT2D eigenvalue weighted by atomic mass is 10.1. The average molecular weight is 290 g/mol. The zero-order chi connectivity index (χ0) is 15.3. The largest absolute Gasteiger partial charge is 0.451 e. The molecule has 7 heteroatoms. The van der Waals surface area contributed by atoms with E-state index in [1.807, 2.05) is 13.8 Å². The molecule has 1 aromatic rings. The van der Waals surface area contributed by atoms with Crippen molar-refractivity contribution < 1.29 is 13.2 Å². The van der Waals surface area contributed by atoms with Gasteiger partial charge in [0.25, 0.3) is 0 Å². The van der Waals surface area contributed by atoms with Gasteiger partial charge in [0.05, 0.1) is 0 Å². The van der Waals surface area contributed by atoms with Crippen LogP contribution in [-0.4, -0.2) is 30.1 Å². The number of anilines is 2. The third-order valence-corrected chi connectivity index (χ3v) is 3.00. The third-order valence-electron chi connectivity index (χ3n) is 3.00. The first-order valence-corrected chi connectivity index (χ1v) is 6.69. The predicted molar refractivity (Wildman–Crippen MR) is 73.9 cm³/mol. The van der Waals surface area contributed by atoms with Gasteiger partial charge in [0.1, 0.15) is 11.6 Å². The molecule has 0 bridgehead atoms. The van der Waals surface area contributed by atoms with Crippen molar-refractivity contribution in [3.05, 3.63) is 11.9 Å². The zero-order valence-corrected chi connectivity index (χ0v) is 12.3. The van der Waals surface area contributed by atoms with Gasteiger partial charge in [-0.1, -0.05) is 20.3 Å². The van der Waals surface area contributed by atoms with Crippen LogP contribution in [0.3, 0.4) is 0 Å². The van der Waals surface area contributed by atoms with Crippen LogP contribution in [0.25, 0.3) is 0 Å². The van der Waals surface area contributed by atoms with Gasteiger partial charge < -0.3 is 10.2 Å². The SMILES string of the molecule is CCNc1cc(N(C)CC(C)CC)nc(C(F)(F)F)n1. The predicted octanol–water partition coefficient (Wildman–Crippen LogP) is 3.41. The highest BCUT2D eigenvalue weighted by atomic mass is 19.4. The van der Waals surface area contributed by atoms with Gasteiger partial charge >= 0.3 is 6.18 Å². The van der Waals surface area contributed by atoms with Gasteiger partial charge in [-0.25, -0.2) is 9.97 Å². The van der Waals surface area contributed by atoms with Crippen LogP contribution in [0.5, 0.6) is 0 Å². The molecule has 0 amide bonds. The van der Waals surface area contributed by atoms with Crippen molar-refractivity contribution in [2.24, 2.45) is 5.92 Å². The highest BCUT2D eigenvalue weighted by Gasteiger charge is 2.35. The van der Waals surface area contributed by atoms with Gasteiger partial charge in [0.15, 0.2) is 0 Å². The normalized spacial score (nSPS) is 13.2. The van der Waals surface area contributed by atoms with E-state index in [9.17, 15) is 13.2 Å². The number of rotatable bonds is 6. The third kappa shape index (κ3) is 4.54. The highest BCUT2D eigenvalue weighted by molar-refractivity contribution is 5.49. The molecule has 4 nitrogen and oxygen atoms in total. The van der Waals surface area contributed by atoms with Crippen molar-refractivity contribution in [3.63, 3.8) is 0 Å². The maximum absolute atomic E-state index is 12.8. The monoisotopic (exact) mass is 290 g/mol. The summed E-state index contributed by atoms with van der Waals surface area (Å²) in [7, 11) is 1.74. The van der Waals surface area contributed by atoms with Crippen LogP contribution in [-0.2, 0) is 6.18 Å². The van der Waals surface area contributed by atoms with Crippen molar-refractivity contribution in [1.82, 2.24) is 9.97 Å². The zero-order valence-electron chi connectivity index (χ0n) is 12.3. The van der Waals surface area contributed by atoms with Crippen molar-refractivity contribution in [3.8, 4) is 0 Å². The molecule has 0 saturated heterocycles. The van der Waals surface area contributed by atoms with E-state index in [1.165, 1.54) is 0 Å². The average Bonchev–Trinajstić information content (AvgIpc) is 2.37. The van der Waals surface area contributed by atoms with E-state index in [0.717, 1.165) is 6.42 Å². The van der Waals surface area contributed by atoms with Crippen LogP contribution in [0.4, 0.5) is 24.8 Å². The van der Waals surface area contributed by atoms with Crippen LogP contribution in [0, 0.1) is 5.92 Å². The maximum atomic E-state index is 12.8. The molecule has 1 N–H and O–H groups in total. The molecule has 1 aromatic heterocycles. The number of nitrogens with zero attached hydrogens (tertiary/aromatic N) is 3. The van der Waals surface area contributed by atoms with E-state index in [4.69, 9.17) is 0 Å². The maximum Gasteiger partial charge on any atom is 0.451 e. The van der Waals surface area contributed by atoms with Crippen LogP contribution in [0.15, 0.2) is 6.07 Å². The fraction of sp³-hybridized carbons (Fsp3) is 0.692. The van der Waals surface area contributed by atoms with Crippen LogP contribution >= 0.6 is 0 Å². The molecule has 1 unspecified atom stereocenters. The molecule has 20 heavy (non-hydrogen) atoms. The Balaban J connectivity index is 3.08. The lowest BCUT2D eigenvalue weighted by molar-refractivity contribution is -0.144. The molecule has 0 radical (unpaired) electrons. The second-order valence-electron chi connectivity index (χ2n) is 4.86. The van der Waals surface area contributed by atoms with E-state index in [-0.39, 0.29) is 11.6 Å². The Kier molecular flexibility index (Phi) is 5.59. The van der Waals surface area contributed by atoms with Crippen molar-refractivity contribution in [2.45, 2.75) is 33.4 Å². The van der Waals surface area contributed by atoms with Crippen LogP contribution in [0.2, 0.25) is 0 Å². The Labute approximate surface area is 117 Å². The highest BCUT2D eigenvalue weighted by Crippen LogP contribution is 2.29. The quantitative estimate of drug-likeness (QED) is 0.871. The van der Waals surface area contributed by atoms with Crippen LogP contribution < -0.4 is 10.2 Å². The second kappa shape index (κ2) is 6.76. The minimum atomic E-state index is -4.54. The minimum absolute atomic E-state index is 0.195. The molecule has 0 fully saturated rings. The topological polar surface area (TPSA) is 41.0 Å². The molecule has 0 aliphatic heterocycles. The van der Waals surface area contributed by atoms with Gasteiger partial charge in [-0.3, -0.25) is 0 Å². The second-order valence-corrected chi connectivity index (χ2v) is 4.86. The fourth-order valence-corrected chi connectivity index (χ4v) is 1.72. The van der Waals surface area contributed by atoms with E-state index >= 15 is 0 Å². The van der Waals surface area contributed by atoms with E-state index in [1.54, 1.807) is 24.9 Å². The van der Waals surface area contributed by atoms with Gasteiger partial charge in [-0.2, -0.15) is 13.2 Å². The number of hydrogen-bond donors (Lipinski definition) is 1. The molecule has 0 aliphatic rings. The molecule has 0 aliphatic carbocycles. The summed E-state index contributed by atoms with van der Waals surface area (Å²) in [6.45, 7) is 7.05. The minimum Gasteiger partial charge on any atom is -0.370 e. The Morgan fingerprint density at radius 1 is 1.30 bits per heavy atom. The Morgan fingerprint density at radius 3 is 2.45 bits per heavy atom. The van der Waals surface area contributed by atoms with Gasteiger partial charge in [0, 0.05) is 26.2 Å². The molecule has 0 aromatic carbocycles. The summed E-state index contributed by atoms with van der Waals surface area (Å²) in [5, 5.41) is 2.80. The number of alkyl halides is 3. The number of aromatic nitrogens is 2. The Morgan fingerprint density at radius 2 is 1.95 bits per heavy atom. The summed E-state index contributed by atoms with van der Waals surface area (Å²) in [6, 6.07) is 1.54. The molecule has 1 heterocycles. The van der Waals surface area contributed by atoms with Crippen LogP contribution in [0.1, 0.15) is 33.0 Å². The fourth-order valence-electron chi connectivity index (χ4n) is 1.72. The molecular formula is C13H21F3N4. The standard InChI is InChI=1S/C13H21F3N4/c1-5-9(3)8-20(4)11-7-10(17-6-2)18-12(19-11)13(14,15)16/h7,9H,5-6,8H2,1-4H3,(H,17,18,19). The molecule has 1 atom stereocenters. The van der Waals surface area contributed by atoms with Crippen molar-refractivity contribution in [2.75, 3.05) is 30.4 Å². The number of halogens is 3. The first-order chi connectivity index (χ1) is 9.27. The van der Waals surface area contributed by atoms with E-state index < -0.39 is 12.0 Å². The summed E-state index contributed by atoms with van der Waals surface area (Å²) in [6.07, 6.45) is -3.58.